The molecule has 2 atom stereocenters. The molecular formula is C17H21BrClN3O4. The first-order valence-corrected chi connectivity index (χ1v) is 9.51. The number of amides is 2. The maximum absolute atomic E-state index is 12.6. The minimum atomic E-state index is -0.592. The fourth-order valence-electron chi connectivity index (χ4n) is 3.25. The summed E-state index contributed by atoms with van der Waals surface area (Å²) in [5.41, 5.74) is 0.219. The Hall–Kier alpha value is -1.38. The van der Waals surface area contributed by atoms with Crippen LogP contribution in [0.25, 0.3) is 0 Å². The number of hydrogen-bond acceptors (Lipinski definition) is 5. The molecule has 2 aliphatic heterocycles. The zero-order chi connectivity index (χ0) is 19.1. The van der Waals surface area contributed by atoms with E-state index in [1.54, 1.807) is 15.9 Å². The van der Waals surface area contributed by atoms with Crippen molar-refractivity contribution in [3.8, 4) is 0 Å². The number of fused-ring (bicyclic) bond motifs is 1. The topological polar surface area (TPSA) is 72.0 Å². The highest BCUT2D eigenvalue weighted by Gasteiger charge is 2.43. The first-order chi connectivity index (χ1) is 12.1. The molecular weight excluding hydrogens is 426 g/mol. The number of hydrogen-bond donors (Lipinski definition) is 0. The summed E-state index contributed by atoms with van der Waals surface area (Å²) in [5.74, 6) is -0.0980. The van der Waals surface area contributed by atoms with Gasteiger partial charge in [0.2, 0.25) is 5.91 Å². The lowest BCUT2D eigenvalue weighted by Gasteiger charge is -2.48. The normalized spacial score (nSPS) is 23.7. The van der Waals surface area contributed by atoms with Crippen LogP contribution in [0.1, 0.15) is 32.4 Å². The summed E-state index contributed by atoms with van der Waals surface area (Å²) < 4.78 is 11.5. The van der Waals surface area contributed by atoms with Crippen molar-refractivity contribution in [3.63, 3.8) is 0 Å². The third kappa shape index (κ3) is 4.29. The molecule has 0 aromatic carbocycles. The van der Waals surface area contributed by atoms with Crippen LogP contribution in [0.3, 0.4) is 0 Å². The SMILES string of the molecule is CC(C)(C)OC(=O)N1CC2COCC(=O)N2C(c2cc(Cl)nc(Br)c2)C1. The highest BCUT2D eigenvalue weighted by Crippen LogP contribution is 2.33. The van der Waals surface area contributed by atoms with Gasteiger partial charge in [-0.3, -0.25) is 4.79 Å². The number of pyridine rings is 1. The van der Waals surface area contributed by atoms with Crippen molar-refractivity contribution < 1.29 is 19.1 Å². The van der Waals surface area contributed by atoms with Crippen LogP contribution in [0.4, 0.5) is 4.79 Å². The molecule has 2 fully saturated rings. The van der Waals surface area contributed by atoms with Gasteiger partial charge >= 0.3 is 6.09 Å². The van der Waals surface area contributed by atoms with E-state index in [0.29, 0.717) is 29.5 Å². The summed E-state index contributed by atoms with van der Waals surface area (Å²) in [7, 11) is 0. The quantitative estimate of drug-likeness (QED) is 0.620. The molecule has 3 rings (SSSR count). The molecule has 0 radical (unpaired) electrons. The molecule has 9 heteroatoms. The van der Waals surface area contributed by atoms with E-state index in [1.165, 1.54) is 0 Å². The predicted octanol–water partition coefficient (Wildman–Crippen LogP) is 3.02. The summed E-state index contributed by atoms with van der Waals surface area (Å²) in [6, 6.07) is 2.97. The summed E-state index contributed by atoms with van der Waals surface area (Å²) in [5, 5.41) is 0.320. The zero-order valence-electron chi connectivity index (χ0n) is 14.9. The number of nitrogens with zero attached hydrogens (tertiary/aromatic N) is 3. The van der Waals surface area contributed by atoms with Gasteiger partial charge in [-0.15, -0.1) is 0 Å². The minimum absolute atomic E-state index is 0.0411. The largest absolute Gasteiger partial charge is 0.444 e. The van der Waals surface area contributed by atoms with Gasteiger partial charge in [0.15, 0.2) is 0 Å². The average Bonchev–Trinajstić information content (AvgIpc) is 2.51. The van der Waals surface area contributed by atoms with E-state index in [2.05, 4.69) is 20.9 Å². The monoisotopic (exact) mass is 445 g/mol. The molecule has 0 bridgehead atoms. The molecule has 0 N–H and O–H groups in total. The minimum Gasteiger partial charge on any atom is -0.444 e. The fourth-order valence-corrected chi connectivity index (χ4v) is 4.03. The van der Waals surface area contributed by atoms with Crippen LogP contribution in [-0.4, -0.2) is 64.7 Å². The standard InChI is InChI=1S/C17H21BrClN3O4/c1-17(2,3)26-16(24)21-6-11-8-25-9-15(23)22(11)12(7-21)10-4-13(18)20-14(19)5-10/h4-5,11-12H,6-9H2,1-3H3. The Balaban J connectivity index is 1.92. The van der Waals surface area contributed by atoms with Crippen molar-refractivity contribution in [2.75, 3.05) is 26.3 Å². The lowest BCUT2D eigenvalue weighted by molar-refractivity contribution is -0.158. The molecule has 2 saturated heterocycles. The van der Waals surface area contributed by atoms with E-state index in [0.717, 1.165) is 5.56 Å². The first-order valence-electron chi connectivity index (χ1n) is 8.34. The summed E-state index contributed by atoms with van der Waals surface area (Å²) in [4.78, 5) is 32.6. The highest BCUT2D eigenvalue weighted by molar-refractivity contribution is 9.10. The Bertz CT molecular complexity index is 704. The second-order valence-electron chi connectivity index (χ2n) is 7.42. The van der Waals surface area contributed by atoms with E-state index in [1.807, 2.05) is 26.8 Å². The maximum Gasteiger partial charge on any atom is 0.410 e. The Morgan fingerprint density at radius 3 is 2.77 bits per heavy atom. The Labute approximate surface area is 165 Å². The van der Waals surface area contributed by atoms with Gasteiger partial charge in [0.05, 0.1) is 18.7 Å². The molecule has 26 heavy (non-hydrogen) atoms. The molecule has 142 valence electrons. The van der Waals surface area contributed by atoms with Crippen LogP contribution >= 0.6 is 27.5 Å². The maximum atomic E-state index is 12.6. The molecule has 0 aliphatic carbocycles. The molecule has 1 aromatic rings. The van der Waals surface area contributed by atoms with Crippen molar-refractivity contribution in [2.24, 2.45) is 0 Å². The van der Waals surface area contributed by atoms with Crippen LogP contribution in [0.2, 0.25) is 5.15 Å². The zero-order valence-corrected chi connectivity index (χ0v) is 17.2. The number of carbonyl (C=O) groups is 2. The van der Waals surface area contributed by atoms with Gasteiger partial charge in [0.25, 0.3) is 0 Å². The Morgan fingerprint density at radius 1 is 1.38 bits per heavy atom. The third-order valence-corrected chi connectivity index (χ3v) is 4.80. The Morgan fingerprint density at radius 2 is 2.12 bits per heavy atom. The number of ether oxygens (including phenoxy) is 2. The smallest absolute Gasteiger partial charge is 0.410 e. The molecule has 2 unspecified atom stereocenters. The first kappa shape index (κ1) is 19.4. The highest BCUT2D eigenvalue weighted by atomic mass is 79.9. The molecule has 7 nitrogen and oxygen atoms in total. The van der Waals surface area contributed by atoms with E-state index >= 15 is 0 Å². The van der Waals surface area contributed by atoms with Gasteiger partial charge in [0, 0.05) is 13.1 Å². The van der Waals surface area contributed by atoms with E-state index in [9.17, 15) is 9.59 Å². The number of halogens is 2. The molecule has 0 saturated carbocycles. The predicted molar refractivity (Wildman–Crippen MR) is 98.9 cm³/mol. The van der Waals surface area contributed by atoms with E-state index < -0.39 is 11.7 Å². The van der Waals surface area contributed by atoms with Crippen molar-refractivity contribution >= 4 is 39.5 Å². The fraction of sp³-hybridized carbons (Fsp3) is 0.588. The number of morpholine rings is 1. The van der Waals surface area contributed by atoms with Crippen molar-refractivity contribution in [1.82, 2.24) is 14.8 Å². The van der Waals surface area contributed by atoms with Crippen molar-refractivity contribution in [3.05, 3.63) is 27.5 Å². The summed E-state index contributed by atoms with van der Waals surface area (Å²) in [6.07, 6.45) is -0.403. The van der Waals surface area contributed by atoms with Crippen LogP contribution in [0.5, 0.6) is 0 Å². The van der Waals surface area contributed by atoms with Crippen LogP contribution < -0.4 is 0 Å². The lowest BCUT2D eigenvalue weighted by Crippen LogP contribution is -2.62. The molecule has 2 aliphatic rings. The Kier molecular flexibility index (Phi) is 5.46. The number of carbonyl (C=O) groups excluding carboxylic acids is 2. The van der Waals surface area contributed by atoms with Gasteiger partial charge in [-0.2, -0.15) is 0 Å². The number of rotatable bonds is 1. The van der Waals surface area contributed by atoms with Gasteiger partial charge in [-0.05, 0) is 54.4 Å². The van der Waals surface area contributed by atoms with Crippen molar-refractivity contribution in [2.45, 2.75) is 38.5 Å². The van der Waals surface area contributed by atoms with Gasteiger partial charge < -0.3 is 19.3 Å². The number of piperazine rings is 1. The molecule has 0 spiro atoms. The van der Waals surface area contributed by atoms with E-state index in [-0.39, 0.29) is 24.6 Å². The number of aromatic nitrogens is 1. The summed E-state index contributed by atoms with van der Waals surface area (Å²) >= 11 is 9.43. The van der Waals surface area contributed by atoms with Crippen LogP contribution in [0, 0.1) is 0 Å². The van der Waals surface area contributed by atoms with Crippen LogP contribution in [-0.2, 0) is 14.3 Å². The molecule has 1 aromatic heterocycles. The van der Waals surface area contributed by atoms with Gasteiger partial charge in [-0.1, -0.05) is 11.6 Å². The second kappa shape index (κ2) is 7.32. The summed E-state index contributed by atoms with van der Waals surface area (Å²) in [6.45, 7) is 6.59. The van der Waals surface area contributed by atoms with Crippen LogP contribution in [0.15, 0.2) is 16.7 Å². The second-order valence-corrected chi connectivity index (χ2v) is 8.62. The average molecular weight is 447 g/mol. The van der Waals surface area contributed by atoms with Gasteiger partial charge in [0.1, 0.15) is 22.0 Å². The lowest BCUT2D eigenvalue weighted by atomic mass is 9.99. The van der Waals surface area contributed by atoms with Crippen molar-refractivity contribution in [1.29, 1.82) is 0 Å². The van der Waals surface area contributed by atoms with E-state index in [4.69, 9.17) is 21.1 Å². The third-order valence-electron chi connectivity index (χ3n) is 4.20. The molecule has 3 heterocycles. The van der Waals surface area contributed by atoms with Gasteiger partial charge in [-0.25, -0.2) is 9.78 Å². The molecule has 2 amide bonds.